The van der Waals surface area contributed by atoms with E-state index in [1.807, 2.05) is 0 Å². The van der Waals surface area contributed by atoms with Crippen LogP contribution < -0.4 is 5.32 Å². The molecule has 1 unspecified atom stereocenters. The third kappa shape index (κ3) is 7.45. The molecule has 0 radical (unpaired) electrons. The zero-order chi connectivity index (χ0) is 28.2. The second kappa shape index (κ2) is 14.9. The molecule has 0 aliphatic heterocycles. The predicted molar refractivity (Wildman–Crippen MR) is 179 cm³/mol. The Hall–Kier alpha value is -3.32. The lowest BCUT2D eigenvalue weighted by molar-refractivity contribution is 0.306. The highest BCUT2D eigenvalue weighted by atomic mass is 14.9. The number of nitrogens with one attached hydrogen (secondary N) is 1. The van der Waals surface area contributed by atoms with Gasteiger partial charge in [-0.05, 0) is 88.8 Å². The van der Waals surface area contributed by atoms with E-state index in [4.69, 9.17) is 0 Å². The van der Waals surface area contributed by atoms with Gasteiger partial charge in [-0.2, -0.15) is 0 Å². The summed E-state index contributed by atoms with van der Waals surface area (Å²) in [7, 11) is 0. The summed E-state index contributed by atoms with van der Waals surface area (Å²) >= 11 is 0. The maximum Gasteiger partial charge on any atom is 0.0390 e. The molecule has 0 heterocycles. The molecule has 0 spiro atoms. The summed E-state index contributed by atoms with van der Waals surface area (Å²) in [6, 6.07) is 22.3. The predicted octanol–water partition coefficient (Wildman–Crippen LogP) is 12.3. The highest BCUT2D eigenvalue weighted by Gasteiger charge is 2.30. The van der Waals surface area contributed by atoms with Crippen LogP contribution in [0.25, 0.3) is 28.0 Å². The van der Waals surface area contributed by atoms with Gasteiger partial charge in [-0.25, -0.2) is 0 Å². The molecule has 1 heteroatoms. The molecule has 4 rings (SSSR count). The highest BCUT2D eigenvalue weighted by Crippen LogP contribution is 2.43. The minimum atomic E-state index is 0.264. The van der Waals surface area contributed by atoms with Crippen LogP contribution in [0.2, 0.25) is 0 Å². The van der Waals surface area contributed by atoms with E-state index in [9.17, 15) is 0 Å². The van der Waals surface area contributed by atoms with E-state index in [0.29, 0.717) is 0 Å². The Kier molecular flexibility index (Phi) is 11.0. The molecule has 0 saturated carbocycles. The van der Waals surface area contributed by atoms with Gasteiger partial charge in [0.2, 0.25) is 0 Å². The maximum absolute atomic E-state index is 3.87. The van der Waals surface area contributed by atoms with Crippen molar-refractivity contribution in [2.75, 3.05) is 5.32 Å². The van der Waals surface area contributed by atoms with E-state index < -0.39 is 0 Å². The van der Waals surface area contributed by atoms with Gasteiger partial charge in [-0.3, -0.25) is 0 Å². The van der Waals surface area contributed by atoms with Gasteiger partial charge in [0.05, 0.1) is 0 Å². The first-order valence-electron chi connectivity index (χ1n) is 15.7. The lowest BCUT2D eigenvalue weighted by Gasteiger charge is -2.36. The molecular weight excluding hydrogens is 482 g/mol. The van der Waals surface area contributed by atoms with Crippen LogP contribution >= 0.6 is 0 Å². The molecule has 3 aromatic carbocycles. The fourth-order valence-corrected chi connectivity index (χ4v) is 6.29. The van der Waals surface area contributed by atoms with Gasteiger partial charge in [0, 0.05) is 11.4 Å². The molecule has 1 nitrogen and oxygen atoms in total. The van der Waals surface area contributed by atoms with Gasteiger partial charge >= 0.3 is 0 Å². The molecule has 210 valence electrons. The van der Waals surface area contributed by atoms with Gasteiger partial charge in [-0.1, -0.05) is 139 Å². The molecule has 0 amide bonds. The standard InChI is InChI=1S/C39H49N/c1-5-8-10-11-12-19-31-26-27-35(36-23-14-13-22-34(31)36)32-20-18-21-33(30-32)40-38-25-16-15-24-37(38)39(4,28-7-3)29-17-9-6-2/h10-14,16,18-23,25-27,30,40H,5-9,15,17,24,28-29H2,1-4H3/b11-10-,19-12?. The van der Waals surface area contributed by atoms with Crippen molar-refractivity contribution in [2.45, 2.75) is 91.9 Å². The van der Waals surface area contributed by atoms with Gasteiger partial charge in [0.15, 0.2) is 0 Å². The third-order valence-electron chi connectivity index (χ3n) is 8.42. The quantitative estimate of drug-likeness (QED) is 0.161. The molecule has 0 aromatic heterocycles. The van der Waals surface area contributed by atoms with Crippen molar-refractivity contribution in [3.63, 3.8) is 0 Å². The normalized spacial score (nSPS) is 15.4. The number of anilines is 1. The lowest BCUT2D eigenvalue weighted by atomic mass is 9.71. The number of hydrogen-bond acceptors (Lipinski definition) is 1. The number of fused-ring (bicyclic) bond motifs is 1. The molecule has 0 saturated heterocycles. The second-order valence-corrected chi connectivity index (χ2v) is 11.6. The first-order chi connectivity index (χ1) is 19.6. The largest absolute Gasteiger partial charge is 0.356 e. The second-order valence-electron chi connectivity index (χ2n) is 11.6. The fourth-order valence-electron chi connectivity index (χ4n) is 6.29. The molecule has 40 heavy (non-hydrogen) atoms. The molecule has 1 atom stereocenters. The monoisotopic (exact) mass is 531 g/mol. The van der Waals surface area contributed by atoms with E-state index >= 15 is 0 Å². The average molecular weight is 532 g/mol. The molecule has 1 aliphatic rings. The molecule has 0 bridgehead atoms. The van der Waals surface area contributed by atoms with Crippen molar-refractivity contribution in [1.82, 2.24) is 0 Å². The Balaban J connectivity index is 1.66. The van der Waals surface area contributed by atoms with Crippen LogP contribution in [-0.2, 0) is 0 Å². The van der Waals surface area contributed by atoms with Crippen molar-refractivity contribution >= 4 is 22.5 Å². The minimum absolute atomic E-state index is 0.264. The molecule has 1 N–H and O–H groups in total. The van der Waals surface area contributed by atoms with Crippen molar-refractivity contribution < 1.29 is 0 Å². The number of hydrogen-bond donors (Lipinski definition) is 1. The summed E-state index contributed by atoms with van der Waals surface area (Å²) < 4.78 is 0. The Morgan fingerprint density at radius 3 is 2.48 bits per heavy atom. The maximum atomic E-state index is 3.87. The van der Waals surface area contributed by atoms with Crippen LogP contribution in [-0.4, -0.2) is 0 Å². The van der Waals surface area contributed by atoms with Gasteiger partial charge in [0.25, 0.3) is 0 Å². The number of rotatable bonds is 14. The fraction of sp³-hybridized carbons (Fsp3) is 0.385. The van der Waals surface area contributed by atoms with Gasteiger partial charge in [0.1, 0.15) is 0 Å². The lowest BCUT2D eigenvalue weighted by Crippen LogP contribution is -2.24. The average Bonchev–Trinajstić information content (AvgIpc) is 2.98. The smallest absolute Gasteiger partial charge is 0.0390 e. The van der Waals surface area contributed by atoms with Gasteiger partial charge < -0.3 is 5.32 Å². The van der Waals surface area contributed by atoms with Crippen molar-refractivity contribution in [3.8, 4) is 11.1 Å². The Labute approximate surface area is 243 Å². The first kappa shape index (κ1) is 29.7. The van der Waals surface area contributed by atoms with Crippen LogP contribution in [0.3, 0.4) is 0 Å². The Morgan fingerprint density at radius 1 is 0.825 bits per heavy atom. The van der Waals surface area contributed by atoms with E-state index in [-0.39, 0.29) is 5.41 Å². The Morgan fingerprint density at radius 2 is 1.68 bits per heavy atom. The van der Waals surface area contributed by atoms with E-state index in [0.717, 1.165) is 24.9 Å². The number of benzene rings is 3. The van der Waals surface area contributed by atoms with E-state index in [1.165, 1.54) is 78.1 Å². The molecule has 1 aliphatic carbocycles. The van der Waals surface area contributed by atoms with Crippen LogP contribution in [0.1, 0.15) is 97.5 Å². The van der Waals surface area contributed by atoms with E-state index in [2.05, 4.69) is 130 Å². The number of unbranched alkanes of at least 4 members (excludes halogenated alkanes) is 3. The van der Waals surface area contributed by atoms with Crippen LogP contribution in [0, 0.1) is 5.41 Å². The van der Waals surface area contributed by atoms with Crippen molar-refractivity contribution in [3.05, 3.63) is 108 Å². The topological polar surface area (TPSA) is 12.0 Å². The van der Waals surface area contributed by atoms with Crippen LogP contribution in [0.15, 0.2) is 102 Å². The minimum Gasteiger partial charge on any atom is -0.356 e. The van der Waals surface area contributed by atoms with Crippen molar-refractivity contribution in [2.24, 2.45) is 5.41 Å². The Bertz CT molecular complexity index is 1370. The summed E-state index contributed by atoms with van der Waals surface area (Å²) in [5, 5.41) is 6.46. The first-order valence-corrected chi connectivity index (χ1v) is 15.7. The summed E-state index contributed by atoms with van der Waals surface area (Å²) in [6.45, 7) is 9.37. The third-order valence-corrected chi connectivity index (χ3v) is 8.42. The number of allylic oxidation sites excluding steroid dienone is 6. The molecule has 0 fully saturated rings. The zero-order valence-electron chi connectivity index (χ0n) is 25.3. The summed E-state index contributed by atoms with van der Waals surface area (Å²) in [5.74, 6) is 0. The summed E-state index contributed by atoms with van der Waals surface area (Å²) in [5.41, 5.74) is 8.15. The zero-order valence-corrected chi connectivity index (χ0v) is 25.3. The van der Waals surface area contributed by atoms with E-state index in [1.54, 1.807) is 5.57 Å². The van der Waals surface area contributed by atoms with Crippen LogP contribution in [0.5, 0.6) is 0 Å². The summed E-state index contributed by atoms with van der Waals surface area (Å²) in [4.78, 5) is 0. The van der Waals surface area contributed by atoms with Gasteiger partial charge in [-0.15, -0.1) is 0 Å². The van der Waals surface area contributed by atoms with Crippen molar-refractivity contribution in [1.29, 1.82) is 0 Å². The highest BCUT2D eigenvalue weighted by molar-refractivity contribution is 6.01. The molecule has 3 aromatic rings. The summed E-state index contributed by atoms with van der Waals surface area (Å²) in [6.07, 6.45) is 25.8. The SMILES string of the molecule is CCC/C=C\C=Cc1ccc(-c2cccc(NC3=C(C(C)(CCC)CCCCC)CCC=C3)c2)c2ccccc12. The van der Waals surface area contributed by atoms with Crippen LogP contribution in [0.4, 0.5) is 5.69 Å². The molecular formula is C39H49N.